The van der Waals surface area contributed by atoms with Crippen LogP contribution in [0.15, 0.2) is 24.3 Å². The predicted octanol–water partition coefficient (Wildman–Crippen LogP) is 2.18. The fraction of sp³-hybridized carbons (Fsp3) is 0.562. The van der Waals surface area contributed by atoms with E-state index in [4.69, 9.17) is 9.47 Å². The molecule has 1 aromatic carbocycles. The van der Waals surface area contributed by atoms with Crippen LogP contribution in [-0.2, 0) is 9.53 Å². The van der Waals surface area contributed by atoms with Gasteiger partial charge in [0.2, 0.25) is 5.91 Å². The van der Waals surface area contributed by atoms with E-state index in [2.05, 4.69) is 10.6 Å². The Bertz CT molecular complexity index is 443. The molecule has 1 aliphatic rings. The molecular formula is C16H24N2O3. The van der Waals surface area contributed by atoms with Gasteiger partial charge in [-0.1, -0.05) is 18.9 Å². The molecule has 0 saturated carbocycles. The molecule has 5 nitrogen and oxygen atoms in total. The molecule has 1 aliphatic heterocycles. The summed E-state index contributed by atoms with van der Waals surface area (Å²) in [5, 5.41) is 6.26. The van der Waals surface area contributed by atoms with Gasteiger partial charge in [-0.2, -0.15) is 0 Å². The molecule has 0 spiro atoms. The van der Waals surface area contributed by atoms with Crippen LogP contribution in [0.25, 0.3) is 0 Å². The summed E-state index contributed by atoms with van der Waals surface area (Å²) in [5.41, 5.74) is 0.765. The van der Waals surface area contributed by atoms with Crippen LogP contribution in [0.3, 0.4) is 0 Å². The molecule has 1 saturated heterocycles. The maximum Gasteiger partial charge on any atom is 0.241 e. The summed E-state index contributed by atoms with van der Waals surface area (Å²) < 4.78 is 10.5. The number of nitrogens with one attached hydrogen (secondary N) is 2. The number of ether oxygens (including phenoxy) is 2. The van der Waals surface area contributed by atoms with E-state index in [-0.39, 0.29) is 11.9 Å². The van der Waals surface area contributed by atoms with E-state index >= 15 is 0 Å². The first-order chi connectivity index (χ1) is 10.3. The Morgan fingerprint density at radius 1 is 1.33 bits per heavy atom. The standard InChI is InChI=1S/C16H24N2O3/c1-20-10-11-21-14-7-5-6-13(12-14)18-16(19)15-8-3-2-4-9-17-15/h5-7,12,15,17H,2-4,8-11H2,1H3,(H,18,19). The van der Waals surface area contributed by atoms with Crippen molar-refractivity contribution in [2.45, 2.75) is 31.7 Å². The number of rotatable bonds is 6. The lowest BCUT2D eigenvalue weighted by molar-refractivity contribution is -0.118. The van der Waals surface area contributed by atoms with Gasteiger partial charge < -0.3 is 20.1 Å². The fourth-order valence-electron chi connectivity index (χ4n) is 2.39. The van der Waals surface area contributed by atoms with Gasteiger partial charge in [0.25, 0.3) is 0 Å². The Labute approximate surface area is 126 Å². The topological polar surface area (TPSA) is 59.6 Å². The highest BCUT2D eigenvalue weighted by Gasteiger charge is 2.19. The van der Waals surface area contributed by atoms with E-state index in [1.807, 2.05) is 24.3 Å². The molecule has 2 rings (SSSR count). The van der Waals surface area contributed by atoms with Crippen LogP contribution in [0.5, 0.6) is 5.75 Å². The van der Waals surface area contributed by atoms with Crippen LogP contribution in [0.1, 0.15) is 25.7 Å². The molecule has 1 heterocycles. The molecule has 1 atom stereocenters. The molecule has 2 N–H and O–H groups in total. The van der Waals surface area contributed by atoms with Crippen molar-refractivity contribution in [1.82, 2.24) is 5.32 Å². The van der Waals surface area contributed by atoms with Crippen molar-refractivity contribution in [1.29, 1.82) is 0 Å². The first kappa shape index (κ1) is 15.8. The number of methoxy groups -OCH3 is 1. The molecule has 0 radical (unpaired) electrons. The van der Waals surface area contributed by atoms with Gasteiger partial charge in [0, 0.05) is 18.9 Å². The van der Waals surface area contributed by atoms with Crippen molar-refractivity contribution in [3.05, 3.63) is 24.3 Å². The van der Waals surface area contributed by atoms with E-state index in [9.17, 15) is 4.79 Å². The van der Waals surface area contributed by atoms with Gasteiger partial charge >= 0.3 is 0 Å². The van der Waals surface area contributed by atoms with Crippen molar-refractivity contribution in [3.63, 3.8) is 0 Å². The molecule has 0 bridgehead atoms. The van der Waals surface area contributed by atoms with Crippen molar-refractivity contribution in [3.8, 4) is 5.75 Å². The van der Waals surface area contributed by atoms with Gasteiger partial charge in [-0.3, -0.25) is 4.79 Å². The largest absolute Gasteiger partial charge is 0.491 e. The zero-order valence-corrected chi connectivity index (χ0v) is 12.6. The van der Waals surface area contributed by atoms with Crippen LogP contribution in [-0.4, -0.2) is 38.8 Å². The maximum atomic E-state index is 12.3. The smallest absolute Gasteiger partial charge is 0.241 e. The summed E-state index contributed by atoms with van der Waals surface area (Å²) in [6.07, 6.45) is 4.34. The van der Waals surface area contributed by atoms with Gasteiger partial charge in [-0.15, -0.1) is 0 Å². The lowest BCUT2D eigenvalue weighted by atomic mass is 10.1. The molecule has 5 heteroatoms. The Hall–Kier alpha value is -1.59. The fourth-order valence-corrected chi connectivity index (χ4v) is 2.39. The minimum absolute atomic E-state index is 0.0333. The third kappa shape index (κ3) is 5.36. The third-order valence-corrected chi connectivity index (χ3v) is 3.53. The molecule has 1 unspecified atom stereocenters. The van der Waals surface area contributed by atoms with Crippen molar-refractivity contribution in [2.75, 3.05) is 32.2 Å². The van der Waals surface area contributed by atoms with Crippen LogP contribution in [0.2, 0.25) is 0 Å². The monoisotopic (exact) mass is 292 g/mol. The Balaban J connectivity index is 1.89. The first-order valence-electron chi connectivity index (χ1n) is 7.55. The summed E-state index contributed by atoms with van der Waals surface area (Å²) >= 11 is 0. The molecule has 0 aliphatic carbocycles. The minimum atomic E-state index is -0.0921. The molecule has 116 valence electrons. The number of amides is 1. The lowest BCUT2D eigenvalue weighted by Gasteiger charge is -2.16. The van der Waals surface area contributed by atoms with Gasteiger partial charge in [0.05, 0.1) is 12.6 Å². The second kappa shape index (κ2) is 8.64. The zero-order chi connectivity index (χ0) is 14.9. The van der Waals surface area contributed by atoms with E-state index in [1.165, 1.54) is 6.42 Å². The minimum Gasteiger partial charge on any atom is -0.491 e. The van der Waals surface area contributed by atoms with Crippen molar-refractivity contribution < 1.29 is 14.3 Å². The van der Waals surface area contributed by atoms with E-state index in [1.54, 1.807) is 7.11 Å². The Kier molecular flexibility index (Phi) is 6.50. The van der Waals surface area contributed by atoms with Gasteiger partial charge in [0.1, 0.15) is 12.4 Å². The van der Waals surface area contributed by atoms with E-state index in [0.29, 0.717) is 13.2 Å². The predicted molar refractivity (Wildman–Crippen MR) is 82.7 cm³/mol. The van der Waals surface area contributed by atoms with Gasteiger partial charge in [0.15, 0.2) is 0 Å². The highest BCUT2D eigenvalue weighted by Crippen LogP contribution is 2.18. The molecule has 1 fully saturated rings. The van der Waals surface area contributed by atoms with Gasteiger partial charge in [-0.25, -0.2) is 0 Å². The molecule has 21 heavy (non-hydrogen) atoms. The van der Waals surface area contributed by atoms with Gasteiger partial charge in [-0.05, 0) is 31.5 Å². The molecule has 1 aromatic rings. The average molecular weight is 292 g/mol. The maximum absolute atomic E-state index is 12.3. The quantitative estimate of drug-likeness (QED) is 0.789. The summed E-state index contributed by atoms with van der Waals surface area (Å²) in [7, 11) is 1.64. The van der Waals surface area contributed by atoms with Crippen LogP contribution in [0, 0.1) is 0 Å². The zero-order valence-electron chi connectivity index (χ0n) is 12.6. The second-order valence-corrected chi connectivity index (χ2v) is 5.21. The van der Waals surface area contributed by atoms with Crippen molar-refractivity contribution in [2.24, 2.45) is 0 Å². The van der Waals surface area contributed by atoms with Crippen molar-refractivity contribution >= 4 is 11.6 Å². The van der Waals surface area contributed by atoms with Crippen LogP contribution in [0.4, 0.5) is 5.69 Å². The van der Waals surface area contributed by atoms with E-state index in [0.717, 1.165) is 37.2 Å². The normalized spacial score (nSPS) is 18.8. The summed E-state index contributed by atoms with van der Waals surface area (Å²) in [4.78, 5) is 12.3. The molecule has 1 amide bonds. The van der Waals surface area contributed by atoms with Crippen LogP contribution >= 0.6 is 0 Å². The summed E-state index contributed by atoms with van der Waals surface area (Å²) in [6.45, 7) is 1.96. The number of benzene rings is 1. The van der Waals surface area contributed by atoms with E-state index < -0.39 is 0 Å². The second-order valence-electron chi connectivity index (χ2n) is 5.21. The number of hydrogen-bond acceptors (Lipinski definition) is 4. The summed E-state index contributed by atoms with van der Waals surface area (Å²) in [6, 6.07) is 7.36. The highest BCUT2D eigenvalue weighted by atomic mass is 16.5. The lowest BCUT2D eigenvalue weighted by Crippen LogP contribution is -2.39. The molecule has 0 aromatic heterocycles. The number of carbonyl (C=O) groups excluding carboxylic acids is 1. The number of anilines is 1. The number of hydrogen-bond donors (Lipinski definition) is 2. The average Bonchev–Trinajstić information content (AvgIpc) is 2.77. The molecular weight excluding hydrogens is 268 g/mol. The first-order valence-corrected chi connectivity index (χ1v) is 7.55. The number of carbonyl (C=O) groups is 1. The van der Waals surface area contributed by atoms with Crippen LogP contribution < -0.4 is 15.4 Å². The SMILES string of the molecule is COCCOc1cccc(NC(=O)C2CCCCCN2)c1. The Morgan fingerprint density at radius 2 is 2.24 bits per heavy atom. The Morgan fingerprint density at radius 3 is 3.10 bits per heavy atom. The third-order valence-electron chi connectivity index (χ3n) is 3.53. The highest BCUT2D eigenvalue weighted by molar-refractivity contribution is 5.95. The summed E-state index contributed by atoms with van der Waals surface area (Å²) in [5.74, 6) is 0.768.